The standard InChI is InChI=1S/C25H25F2N3OS2/c1-2-31-24-22(16-33-25-29-20-8-3-4-9-21(20)30-25)28-13-12-23(24)32-14-6-5-7-17-10-11-18(26)15-19(17)27/h3-4,8-13,15H,2,5-7,14,16H2,1H3,(H,29,30). The molecule has 0 bridgehead atoms. The number of aryl methyl sites for hydroxylation is 1. The number of imidazole rings is 1. The van der Waals surface area contributed by atoms with Gasteiger partial charge in [0.1, 0.15) is 11.6 Å². The van der Waals surface area contributed by atoms with E-state index < -0.39 is 11.6 Å². The third-order valence-corrected chi connectivity index (χ3v) is 7.07. The van der Waals surface area contributed by atoms with Crippen LogP contribution in [0.5, 0.6) is 5.75 Å². The number of pyridine rings is 1. The van der Waals surface area contributed by atoms with E-state index in [1.165, 1.54) is 12.1 Å². The Labute approximate surface area is 200 Å². The van der Waals surface area contributed by atoms with Crippen molar-refractivity contribution in [2.75, 3.05) is 12.4 Å². The van der Waals surface area contributed by atoms with Gasteiger partial charge in [-0.1, -0.05) is 30.0 Å². The number of benzene rings is 2. The first-order valence-electron chi connectivity index (χ1n) is 10.9. The SMILES string of the molecule is CCOc1c(SCCCCc2ccc(F)cc2F)ccnc1CSc1nc2ccccc2[nH]1. The minimum absolute atomic E-state index is 0.470. The van der Waals surface area contributed by atoms with Crippen molar-refractivity contribution in [2.45, 2.75) is 42.0 Å². The van der Waals surface area contributed by atoms with Crippen molar-refractivity contribution in [3.63, 3.8) is 0 Å². The highest BCUT2D eigenvalue weighted by Crippen LogP contribution is 2.35. The Morgan fingerprint density at radius 1 is 1.03 bits per heavy atom. The summed E-state index contributed by atoms with van der Waals surface area (Å²) in [7, 11) is 0. The zero-order valence-electron chi connectivity index (χ0n) is 18.3. The molecule has 1 N–H and O–H groups in total. The number of nitrogens with one attached hydrogen (secondary N) is 1. The number of fused-ring (bicyclic) bond motifs is 1. The lowest BCUT2D eigenvalue weighted by atomic mass is 10.1. The molecule has 2 aromatic heterocycles. The Morgan fingerprint density at radius 2 is 1.91 bits per heavy atom. The maximum atomic E-state index is 13.8. The second-order valence-electron chi connectivity index (χ2n) is 7.41. The fraction of sp³-hybridized carbons (Fsp3) is 0.280. The Morgan fingerprint density at radius 3 is 2.73 bits per heavy atom. The number of halogens is 2. The predicted octanol–water partition coefficient (Wildman–Crippen LogP) is 7.04. The Kier molecular flexibility index (Phi) is 8.23. The maximum Gasteiger partial charge on any atom is 0.166 e. The lowest BCUT2D eigenvalue weighted by molar-refractivity contribution is 0.327. The summed E-state index contributed by atoms with van der Waals surface area (Å²) >= 11 is 3.32. The van der Waals surface area contributed by atoms with Crippen molar-refractivity contribution in [1.82, 2.24) is 15.0 Å². The largest absolute Gasteiger partial charge is 0.491 e. The van der Waals surface area contributed by atoms with Crippen molar-refractivity contribution >= 4 is 34.6 Å². The van der Waals surface area contributed by atoms with Crippen LogP contribution in [0.1, 0.15) is 31.0 Å². The molecule has 4 rings (SSSR count). The average Bonchev–Trinajstić information content (AvgIpc) is 3.23. The van der Waals surface area contributed by atoms with Gasteiger partial charge in [-0.15, -0.1) is 11.8 Å². The van der Waals surface area contributed by atoms with Crippen LogP contribution < -0.4 is 4.74 Å². The summed E-state index contributed by atoms with van der Waals surface area (Å²) in [6, 6.07) is 13.7. The third kappa shape index (κ3) is 6.26. The van der Waals surface area contributed by atoms with Crippen LogP contribution in [-0.4, -0.2) is 27.3 Å². The normalized spacial score (nSPS) is 11.2. The molecule has 0 aliphatic rings. The molecular weight excluding hydrogens is 460 g/mol. The molecule has 4 aromatic rings. The summed E-state index contributed by atoms with van der Waals surface area (Å²) in [6.07, 6.45) is 4.16. The van der Waals surface area contributed by atoms with E-state index >= 15 is 0 Å². The summed E-state index contributed by atoms with van der Waals surface area (Å²) in [4.78, 5) is 13.6. The predicted molar refractivity (Wildman–Crippen MR) is 131 cm³/mol. The molecule has 4 nitrogen and oxygen atoms in total. The monoisotopic (exact) mass is 485 g/mol. The Balaban J connectivity index is 1.34. The van der Waals surface area contributed by atoms with Crippen molar-refractivity contribution in [1.29, 1.82) is 0 Å². The van der Waals surface area contributed by atoms with Crippen LogP contribution in [0.2, 0.25) is 0 Å². The fourth-order valence-electron chi connectivity index (χ4n) is 3.45. The molecule has 0 unspecified atom stereocenters. The molecule has 172 valence electrons. The lowest BCUT2D eigenvalue weighted by Gasteiger charge is -2.13. The van der Waals surface area contributed by atoms with Gasteiger partial charge in [0.15, 0.2) is 10.9 Å². The lowest BCUT2D eigenvalue weighted by Crippen LogP contribution is -2.01. The van der Waals surface area contributed by atoms with Crippen LogP contribution in [0.3, 0.4) is 0 Å². The van der Waals surface area contributed by atoms with E-state index in [2.05, 4.69) is 15.0 Å². The molecule has 0 atom stereocenters. The van der Waals surface area contributed by atoms with E-state index in [1.807, 2.05) is 43.5 Å². The third-order valence-electron chi connectivity index (χ3n) is 5.06. The van der Waals surface area contributed by atoms with Gasteiger partial charge in [0.05, 0.1) is 28.2 Å². The number of thioether (sulfide) groups is 2. The fourth-order valence-corrected chi connectivity index (χ4v) is 5.30. The molecule has 0 spiro atoms. The maximum absolute atomic E-state index is 13.8. The van der Waals surface area contributed by atoms with Gasteiger partial charge in [0.2, 0.25) is 0 Å². The minimum atomic E-state index is -0.540. The Bertz CT molecular complexity index is 1180. The molecular formula is C25H25F2N3OS2. The summed E-state index contributed by atoms with van der Waals surface area (Å²) in [5.41, 5.74) is 3.41. The molecule has 8 heteroatoms. The summed E-state index contributed by atoms with van der Waals surface area (Å²) < 4.78 is 32.8. The molecule has 0 aliphatic carbocycles. The van der Waals surface area contributed by atoms with Crippen LogP contribution >= 0.6 is 23.5 Å². The summed E-state index contributed by atoms with van der Waals surface area (Å²) in [5.74, 6) is 1.33. The van der Waals surface area contributed by atoms with Crippen LogP contribution in [0.15, 0.2) is 64.8 Å². The van der Waals surface area contributed by atoms with E-state index in [9.17, 15) is 8.78 Å². The van der Waals surface area contributed by atoms with E-state index in [1.54, 1.807) is 23.5 Å². The highest BCUT2D eigenvalue weighted by Gasteiger charge is 2.13. The van der Waals surface area contributed by atoms with E-state index in [0.29, 0.717) is 24.3 Å². The number of hydrogen-bond acceptors (Lipinski definition) is 5. The second-order valence-corrected chi connectivity index (χ2v) is 9.51. The number of aromatic amines is 1. The molecule has 0 amide bonds. The van der Waals surface area contributed by atoms with Gasteiger partial charge in [-0.05, 0) is 61.8 Å². The Hall–Kier alpha value is -2.58. The first kappa shape index (κ1) is 23.6. The minimum Gasteiger partial charge on any atom is -0.491 e. The van der Waals surface area contributed by atoms with Crippen molar-refractivity contribution in [2.24, 2.45) is 0 Å². The quantitative estimate of drug-likeness (QED) is 0.182. The van der Waals surface area contributed by atoms with Gasteiger partial charge in [-0.25, -0.2) is 13.8 Å². The van der Waals surface area contributed by atoms with Gasteiger partial charge in [0, 0.05) is 18.0 Å². The van der Waals surface area contributed by atoms with E-state index in [4.69, 9.17) is 4.74 Å². The second kappa shape index (κ2) is 11.5. The zero-order valence-corrected chi connectivity index (χ0v) is 19.9. The topological polar surface area (TPSA) is 50.8 Å². The van der Waals surface area contributed by atoms with Crippen LogP contribution in [0.25, 0.3) is 11.0 Å². The molecule has 0 radical (unpaired) electrons. The highest BCUT2D eigenvalue weighted by atomic mass is 32.2. The van der Waals surface area contributed by atoms with Crippen LogP contribution in [-0.2, 0) is 12.2 Å². The van der Waals surface area contributed by atoms with Crippen LogP contribution in [0.4, 0.5) is 8.78 Å². The van der Waals surface area contributed by atoms with Gasteiger partial charge in [0.25, 0.3) is 0 Å². The summed E-state index contributed by atoms with van der Waals surface area (Å²) in [5, 5.41) is 0.853. The first-order chi connectivity index (χ1) is 16.1. The van der Waals surface area contributed by atoms with Crippen LogP contribution in [0, 0.1) is 11.6 Å². The first-order valence-corrected chi connectivity index (χ1v) is 12.9. The van der Waals surface area contributed by atoms with Gasteiger partial charge in [-0.3, -0.25) is 4.98 Å². The number of ether oxygens (including phenoxy) is 1. The number of hydrogen-bond donors (Lipinski definition) is 1. The number of aromatic nitrogens is 3. The molecule has 0 saturated carbocycles. The van der Waals surface area contributed by atoms with Gasteiger partial charge >= 0.3 is 0 Å². The van der Waals surface area contributed by atoms with Gasteiger partial charge in [-0.2, -0.15) is 0 Å². The molecule has 0 saturated heterocycles. The molecule has 2 heterocycles. The molecule has 0 fully saturated rings. The van der Waals surface area contributed by atoms with E-state index in [-0.39, 0.29) is 0 Å². The van der Waals surface area contributed by atoms with Crippen molar-refractivity contribution < 1.29 is 13.5 Å². The van der Waals surface area contributed by atoms with Crippen molar-refractivity contribution in [3.05, 3.63) is 77.6 Å². The van der Waals surface area contributed by atoms with E-state index in [0.717, 1.165) is 57.2 Å². The number of H-pyrrole nitrogens is 1. The smallest absolute Gasteiger partial charge is 0.166 e. The highest BCUT2D eigenvalue weighted by molar-refractivity contribution is 7.99. The number of para-hydroxylation sites is 2. The summed E-state index contributed by atoms with van der Waals surface area (Å²) in [6.45, 7) is 2.53. The van der Waals surface area contributed by atoms with Gasteiger partial charge < -0.3 is 9.72 Å². The number of nitrogens with zero attached hydrogens (tertiary/aromatic N) is 2. The zero-order chi connectivity index (χ0) is 23.0. The molecule has 2 aromatic carbocycles. The number of unbranched alkanes of at least 4 members (excludes halogenated alkanes) is 1. The molecule has 33 heavy (non-hydrogen) atoms. The van der Waals surface area contributed by atoms with Crippen molar-refractivity contribution in [3.8, 4) is 5.75 Å². The number of rotatable bonds is 11. The average molecular weight is 486 g/mol. The molecule has 0 aliphatic heterocycles.